The van der Waals surface area contributed by atoms with Crippen molar-refractivity contribution in [3.05, 3.63) is 29.3 Å². The number of carbonyl (C=O) groups excluding carboxylic acids is 1. The summed E-state index contributed by atoms with van der Waals surface area (Å²) in [6.07, 6.45) is 0. The normalized spacial score (nSPS) is 10.5. The van der Waals surface area contributed by atoms with Gasteiger partial charge in [-0.3, -0.25) is 0 Å². The average Bonchev–Trinajstić information content (AvgIpc) is 2.36. The summed E-state index contributed by atoms with van der Waals surface area (Å²) in [6.45, 7) is 4.45. The molecule has 0 aliphatic heterocycles. The highest BCUT2D eigenvalue weighted by Crippen LogP contribution is 2.20. The van der Waals surface area contributed by atoms with E-state index >= 15 is 0 Å². The van der Waals surface area contributed by atoms with Crippen molar-refractivity contribution in [2.45, 2.75) is 13.8 Å². The zero-order valence-corrected chi connectivity index (χ0v) is 11.6. The van der Waals surface area contributed by atoms with Crippen LogP contribution in [0.2, 0.25) is 0 Å². The molecule has 1 N–H and O–H groups in total. The van der Waals surface area contributed by atoms with Gasteiger partial charge in [-0.15, -0.1) is 0 Å². The van der Waals surface area contributed by atoms with Crippen LogP contribution in [0.15, 0.2) is 18.2 Å². The van der Waals surface area contributed by atoms with E-state index in [0.29, 0.717) is 12.2 Å². The maximum absolute atomic E-state index is 11.3. The van der Waals surface area contributed by atoms with Crippen LogP contribution in [0.25, 0.3) is 0 Å². The van der Waals surface area contributed by atoms with Crippen LogP contribution < -0.4 is 0 Å². The molecule has 4 heteroatoms. The first kappa shape index (κ1) is 15.1. The number of ether oxygens (including phenoxy) is 2. The van der Waals surface area contributed by atoms with Gasteiger partial charge in [-0.1, -0.05) is 11.8 Å². The molecule has 0 bridgehead atoms. The Labute approximate surface area is 113 Å². The Bertz CT molecular complexity index is 521. The SMILES string of the molecule is COCC(C)(C)C#Cc1ccc(C(=O)OC)c(O)c1. The minimum atomic E-state index is -0.572. The Hall–Kier alpha value is -1.99. The van der Waals surface area contributed by atoms with Crippen LogP contribution >= 0.6 is 0 Å². The third-order valence-corrected chi connectivity index (χ3v) is 2.45. The zero-order chi connectivity index (χ0) is 14.5. The molecule has 19 heavy (non-hydrogen) atoms. The maximum Gasteiger partial charge on any atom is 0.341 e. The number of phenolic OH excluding ortho intramolecular Hbond substituents is 1. The fourth-order valence-electron chi connectivity index (χ4n) is 1.53. The smallest absolute Gasteiger partial charge is 0.341 e. The van der Waals surface area contributed by atoms with E-state index in [-0.39, 0.29) is 16.7 Å². The average molecular weight is 262 g/mol. The minimum absolute atomic E-state index is 0.129. The van der Waals surface area contributed by atoms with Gasteiger partial charge in [0.2, 0.25) is 0 Å². The van der Waals surface area contributed by atoms with Gasteiger partial charge in [-0.2, -0.15) is 0 Å². The fraction of sp³-hybridized carbons (Fsp3) is 0.400. The molecule has 0 heterocycles. The molecule has 0 aromatic heterocycles. The van der Waals surface area contributed by atoms with Crippen LogP contribution in [0.5, 0.6) is 5.75 Å². The third kappa shape index (κ3) is 4.31. The first-order chi connectivity index (χ1) is 8.89. The standard InChI is InChI=1S/C15H18O4/c1-15(2,10-18-3)8-7-11-5-6-12(13(16)9-11)14(17)19-4/h5-6,9,16H,10H2,1-4H3. The minimum Gasteiger partial charge on any atom is -0.507 e. The van der Waals surface area contributed by atoms with Gasteiger partial charge >= 0.3 is 5.97 Å². The highest BCUT2D eigenvalue weighted by atomic mass is 16.5. The molecule has 0 radical (unpaired) electrons. The van der Waals surface area contributed by atoms with Crippen LogP contribution in [0, 0.1) is 17.3 Å². The monoisotopic (exact) mass is 262 g/mol. The molecule has 1 aromatic carbocycles. The largest absolute Gasteiger partial charge is 0.507 e. The van der Waals surface area contributed by atoms with Gasteiger partial charge in [0.25, 0.3) is 0 Å². The highest BCUT2D eigenvalue weighted by molar-refractivity contribution is 5.92. The molecule has 0 saturated heterocycles. The van der Waals surface area contributed by atoms with Crippen molar-refractivity contribution in [2.24, 2.45) is 5.41 Å². The van der Waals surface area contributed by atoms with Gasteiger partial charge in [0.1, 0.15) is 11.3 Å². The van der Waals surface area contributed by atoms with Crippen molar-refractivity contribution in [2.75, 3.05) is 20.8 Å². The molecule has 1 aromatic rings. The van der Waals surface area contributed by atoms with Crippen LogP contribution in [-0.4, -0.2) is 31.9 Å². The molecular formula is C15H18O4. The van der Waals surface area contributed by atoms with Gasteiger partial charge in [0.05, 0.1) is 13.7 Å². The molecular weight excluding hydrogens is 244 g/mol. The summed E-state index contributed by atoms with van der Waals surface area (Å²) in [7, 11) is 2.89. The lowest BCUT2D eigenvalue weighted by Gasteiger charge is -2.15. The Morgan fingerprint density at radius 2 is 2.05 bits per heavy atom. The predicted molar refractivity (Wildman–Crippen MR) is 72.0 cm³/mol. The van der Waals surface area contributed by atoms with Gasteiger partial charge < -0.3 is 14.6 Å². The van der Waals surface area contributed by atoms with Crippen molar-refractivity contribution in [3.8, 4) is 17.6 Å². The quantitative estimate of drug-likeness (QED) is 0.670. The maximum atomic E-state index is 11.3. The Balaban J connectivity index is 2.97. The van der Waals surface area contributed by atoms with E-state index in [0.717, 1.165) is 0 Å². The number of aromatic hydroxyl groups is 1. The van der Waals surface area contributed by atoms with E-state index in [2.05, 4.69) is 16.6 Å². The molecule has 1 rings (SSSR count). The zero-order valence-electron chi connectivity index (χ0n) is 11.6. The summed E-state index contributed by atoms with van der Waals surface area (Å²) in [5, 5.41) is 9.73. The van der Waals surface area contributed by atoms with Crippen molar-refractivity contribution in [3.63, 3.8) is 0 Å². The van der Waals surface area contributed by atoms with Crippen LogP contribution in [0.4, 0.5) is 0 Å². The van der Waals surface area contributed by atoms with E-state index in [9.17, 15) is 9.90 Å². The molecule has 4 nitrogen and oxygen atoms in total. The second-order valence-corrected chi connectivity index (χ2v) is 4.79. The lowest BCUT2D eigenvalue weighted by atomic mass is 9.95. The molecule has 0 amide bonds. The predicted octanol–water partition coefficient (Wildman–Crippen LogP) is 2.20. The van der Waals surface area contributed by atoms with E-state index in [1.54, 1.807) is 13.2 Å². The molecule has 0 aliphatic rings. The van der Waals surface area contributed by atoms with Gasteiger partial charge in [-0.25, -0.2) is 4.79 Å². The second kappa shape index (κ2) is 6.26. The number of phenols is 1. The van der Waals surface area contributed by atoms with Crippen molar-refractivity contribution >= 4 is 5.97 Å². The number of carbonyl (C=O) groups is 1. The summed E-state index contributed by atoms with van der Waals surface area (Å²) < 4.78 is 9.62. The van der Waals surface area contributed by atoms with Crippen LogP contribution in [-0.2, 0) is 9.47 Å². The molecule has 0 unspecified atom stereocenters. The van der Waals surface area contributed by atoms with Crippen molar-refractivity contribution in [1.82, 2.24) is 0 Å². The number of hydrogen-bond donors (Lipinski definition) is 1. The van der Waals surface area contributed by atoms with E-state index < -0.39 is 5.97 Å². The fourth-order valence-corrected chi connectivity index (χ4v) is 1.53. The first-order valence-electron chi connectivity index (χ1n) is 5.83. The van der Waals surface area contributed by atoms with Crippen molar-refractivity contribution in [1.29, 1.82) is 0 Å². The van der Waals surface area contributed by atoms with Crippen LogP contribution in [0.3, 0.4) is 0 Å². The summed E-state index contributed by atoms with van der Waals surface area (Å²) in [5.74, 6) is 5.31. The summed E-state index contributed by atoms with van der Waals surface area (Å²) in [4.78, 5) is 11.3. The molecule has 0 saturated carbocycles. The second-order valence-electron chi connectivity index (χ2n) is 4.79. The third-order valence-electron chi connectivity index (χ3n) is 2.45. The summed E-state index contributed by atoms with van der Waals surface area (Å²) in [6, 6.07) is 4.61. The summed E-state index contributed by atoms with van der Waals surface area (Å²) >= 11 is 0. The lowest BCUT2D eigenvalue weighted by Crippen LogP contribution is -2.15. The topological polar surface area (TPSA) is 55.8 Å². The van der Waals surface area contributed by atoms with Gasteiger partial charge in [-0.05, 0) is 32.0 Å². The number of benzene rings is 1. The van der Waals surface area contributed by atoms with E-state index in [4.69, 9.17) is 4.74 Å². The van der Waals surface area contributed by atoms with Crippen LogP contribution in [0.1, 0.15) is 29.8 Å². The van der Waals surface area contributed by atoms with E-state index in [1.807, 2.05) is 13.8 Å². The Morgan fingerprint density at radius 3 is 2.58 bits per heavy atom. The number of esters is 1. The molecule has 0 fully saturated rings. The van der Waals surface area contributed by atoms with Gasteiger partial charge in [0.15, 0.2) is 0 Å². The Morgan fingerprint density at radius 1 is 1.37 bits per heavy atom. The number of rotatable bonds is 3. The summed E-state index contributed by atoms with van der Waals surface area (Å²) in [5.41, 5.74) is 0.490. The Kier molecular flexibility index (Phi) is 4.96. The number of methoxy groups -OCH3 is 2. The molecule has 0 spiro atoms. The highest BCUT2D eigenvalue weighted by Gasteiger charge is 2.14. The van der Waals surface area contributed by atoms with Gasteiger partial charge in [0, 0.05) is 18.1 Å². The van der Waals surface area contributed by atoms with Crippen molar-refractivity contribution < 1.29 is 19.4 Å². The van der Waals surface area contributed by atoms with E-state index in [1.165, 1.54) is 19.2 Å². The molecule has 102 valence electrons. The molecule has 0 atom stereocenters. The lowest BCUT2D eigenvalue weighted by molar-refractivity contribution is 0.0597. The first-order valence-corrected chi connectivity index (χ1v) is 5.83. The molecule has 0 aliphatic carbocycles. The number of hydrogen-bond acceptors (Lipinski definition) is 4.